The van der Waals surface area contributed by atoms with E-state index in [0.29, 0.717) is 36.9 Å². The predicted molar refractivity (Wildman–Crippen MR) is 102 cm³/mol. The first kappa shape index (κ1) is 19.7. The normalized spacial score (nSPS) is 20.8. The number of fused-ring (bicyclic) bond motifs is 1. The van der Waals surface area contributed by atoms with Gasteiger partial charge in [0, 0.05) is 18.6 Å². The maximum atomic E-state index is 12.9. The Labute approximate surface area is 165 Å². The molecular weight excluding hydrogens is 407 g/mol. The van der Waals surface area contributed by atoms with E-state index in [2.05, 4.69) is 14.9 Å². The van der Waals surface area contributed by atoms with Gasteiger partial charge in [-0.25, -0.2) is 8.42 Å². The van der Waals surface area contributed by atoms with E-state index < -0.39 is 27.0 Å². The van der Waals surface area contributed by atoms with Crippen LogP contribution in [0.5, 0.6) is 0 Å². The Morgan fingerprint density at radius 2 is 1.83 bits per heavy atom. The summed E-state index contributed by atoms with van der Waals surface area (Å²) in [6, 6.07) is 5.06. The molecule has 2 heterocycles. The standard InChI is InChI=1S/C18H20F3N5O2S/c1-25-17-12(9-22-25)3-2-4-16(17)24-29(27,28)15-7-5-14(6-8-15)26-11-13(10-23-26)18(19,20)21/h2-4,9-11,14-15,24H,5-8H2,1H3. The van der Waals surface area contributed by atoms with Crippen LogP contribution in [-0.4, -0.2) is 33.2 Å². The van der Waals surface area contributed by atoms with E-state index in [1.807, 2.05) is 6.07 Å². The zero-order valence-electron chi connectivity index (χ0n) is 15.6. The maximum absolute atomic E-state index is 12.9. The molecule has 1 aliphatic carbocycles. The molecule has 0 atom stereocenters. The van der Waals surface area contributed by atoms with Gasteiger partial charge in [-0.1, -0.05) is 12.1 Å². The van der Waals surface area contributed by atoms with Gasteiger partial charge in [0.1, 0.15) is 0 Å². The number of benzene rings is 1. The Morgan fingerprint density at radius 1 is 1.10 bits per heavy atom. The van der Waals surface area contributed by atoms with Gasteiger partial charge in [0.25, 0.3) is 0 Å². The van der Waals surface area contributed by atoms with Crippen LogP contribution in [0.15, 0.2) is 36.8 Å². The van der Waals surface area contributed by atoms with Crippen molar-refractivity contribution in [2.24, 2.45) is 7.05 Å². The predicted octanol–water partition coefficient (Wildman–Crippen LogP) is 3.71. The van der Waals surface area contributed by atoms with E-state index in [0.717, 1.165) is 17.8 Å². The zero-order valence-corrected chi connectivity index (χ0v) is 16.4. The van der Waals surface area contributed by atoms with Crippen LogP contribution in [0.2, 0.25) is 0 Å². The molecule has 4 rings (SSSR count). The Morgan fingerprint density at radius 3 is 2.48 bits per heavy atom. The first-order valence-electron chi connectivity index (χ1n) is 9.19. The van der Waals surface area contributed by atoms with E-state index in [1.165, 1.54) is 4.68 Å². The van der Waals surface area contributed by atoms with Crippen molar-refractivity contribution in [1.29, 1.82) is 0 Å². The Hall–Kier alpha value is -2.56. The Bertz CT molecular complexity index is 1130. The molecule has 0 saturated heterocycles. The van der Waals surface area contributed by atoms with Gasteiger partial charge in [0.05, 0.1) is 40.5 Å². The molecule has 1 saturated carbocycles. The van der Waals surface area contributed by atoms with Gasteiger partial charge in [0.2, 0.25) is 10.0 Å². The SMILES string of the molecule is Cn1ncc2cccc(NS(=O)(=O)C3CCC(n4cc(C(F)(F)F)cn4)CC3)c21. The van der Waals surface area contributed by atoms with Crippen LogP contribution in [0.1, 0.15) is 37.3 Å². The summed E-state index contributed by atoms with van der Waals surface area (Å²) in [6.45, 7) is 0. The lowest BCUT2D eigenvalue weighted by atomic mass is 9.95. The van der Waals surface area contributed by atoms with Gasteiger partial charge in [-0.05, 0) is 31.7 Å². The molecule has 2 aromatic heterocycles. The lowest BCUT2D eigenvalue weighted by Gasteiger charge is -2.28. The minimum Gasteiger partial charge on any atom is -0.281 e. The first-order chi connectivity index (χ1) is 13.6. The molecule has 0 spiro atoms. The lowest BCUT2D eigenvalue weighted by Crippen LogP contribution is -2.32. The average molecular weight is 427 g/mol. The minimum absolute atomic E-state index is 0.238. The third-order valence-electron chi connectivity index (χ3n) is 5.40. The van der Waals surface area contributed by atoms with Gasteiger partial charge in [-0.15, -0.1) is 0 Å². The number of aromatic nitrogens is 4. The van der Waals surface area contributed by atoms with Crippen LogP contribution >= 0.6 is 0 Å². The molecule has 1 fully saturated rings. The molecule has 1 aromatic carbocycles. The molecule has 0 radical (unpaired) electrons. The largest absolute Gasteiger partial charge is 0.419 e. The summed E-state index contributed by atoms with van der Waals surface area (Å²) >= 11 is 0. The van der Waals surface area contributed by atoms with Crippen molar-refractivity contribution in [2.45, 2.75) is 43.2 Å². The summed E-state index contributed by atoms with van der Waals surface area (Å²) in [5, 5.41) is 8.19. The molecular formula is C18H20F3N5O2S. The highest BCUT2D eigenvalue weighted by Gasteiger charge is 2.35. The van der Waals surface area contributed by atoms with E-state index >= 15 is 0 Å². The number of nitrogens with one attached hydrogen (secondary N) is 1. The van der Waals surface area contributed by atoms with Crippen LogP contribution in [0.3, 0.4) is 0 Å². The van der Waals surface area contributed by atoms with Crippen molar-refractivity contribution in [3.8, 4) is 0 Å². The number of alkyl halides is 3. The molecule has 7 nitrogen and oxygen atoms in total. The molecule has 1 aliphatic rings. The summed E-state index contributed by atoms with van der Waals surface area (Å²) in [7, 11) is -1.91. The minimum atomic E-state index is -4.43. The number of nitrogens with zero attached hydrogens (tertiary/aromatic N) is 4. The summed E-state index contributed by atoms with van der Waals surface area (Å²) in [5.74, 6) is 0. The second kappa shape index (κ2) is 7.05. The Balaban J connectivity index is 1.46. The number of para-hydroxylation sites is 1. The van der Waals surface area contributed by atoms with Crippen molar-refractivity contribution in [3.05, 3.63) is 42.4 Å². The van der Waals surface area contributed by atoms with E-state index in [-0.39, 0.29) is 6.04 Å². The number of halogens is 3. The van der Waals surface area contributed by atoms with Crippen molar-refractivity contribution in [1.82, 2.24) is 19.6 Å². The third kappa shape index (κ3) is 3.83. The van der Waals surface area contributed by atoms with Gasteiger partial charge < -0.3 is 0 Å². The monoisotopic (exact) mass is 427 g/mol. The lowest BCUT2D eigenvalue weighted by molar-refractivity contribution is -0.137. The number of aryl methyl sites for hydroxylation is 1. The molecule has 29 heavy (non-hydrogen) atoms. The van der Waals surface area contributed by atoms with Gasteiger partial charge in [-0.2, -0.15) is 23.4 Å². The number of hydrogen-bond acceptors (Lipinski definition) is 4. The average Bonchev–Trinajstić information content (AvgIpc) is 3.30. The summed E-state index contributed by atoms with van der Waals surface area (Å²) < 4.78 is 69.7. The van der Waals surface area contributed by atoms with Crippen LogP contribution in [0.25, 0.3) is 10.9 Å². The number of anilines is 1. The van der Waals surface area contributed by atoms with Crippen LogP contribution in [0.4, 0.5) is 18.9 Å². The smallest absolute Gasteiger partial charge is 0.281 e. The van der Waals surface area contributed by atoms with E-state index in [9.17, 15) is 21.6 Å². The number of sulfonamides is 1. The number of rotatable bonds is 4. The second-order valence-electron chi connectivity index (χ2n) is 7.30. The topological polar surface area (TPSA) is 81.8 Å². The molecule has 0 aliphatic heterocycles. The Kier molecular flexibility index (Phi) is 4.80. The van der Waals surface area contributed by atoms with Crippen LogP contribution in [-0.2, 0) is 23.2 Å². The van der Waals surface area contributed by atoms with Crippen LogP contribution in [0, 0.1) is 0 Å². The van der Waals surface area contributed by atoms with Crippen molar-refractivity contribution in [3.63, 3.8) is 0 Å². The third-order valence-corrected chi connectivity index (χ3v) is 7.25. The maximum Gasteiger partial charge on any atom is 0.419 e. The molecule has 0 amide bonds. The van der Waals surface area contributed by atoms with E-state index in [1.54, 1.807) is 30.1 Å². The number of hydrogen-bond donors (Lipinski definition) is 1. The summed E-state index contributed by atoms with van der Waals surface area (Å²) in [6.07, 6.45) is 0.610. The molecule has 0 bridgehead atoms. The molecule has 3 aromatic rings. The first-order valence-corrected chi connectivity index (χ1v) is 10.7. The quantitative estimate of drug-likeness (QED) is 0.688. The van der Waals surface area contributed by atoms with Crippen molar-refractivity contribution in [2.75, 3.05) is 4.72 Å². The van der Waals surface area contributed by atoms with E-state index in [4.69, 9.17) is 0 Å². The van der Waals surface area contributed by atoms with Crippen molar-refractivity contribution < 1.29 is 21.6 Å². The highest BCUT2D eigenvalue weighted by Crippen LogP contribution is 2.35. The molecule has 0 unspecified atom stereocenters. The molecule has 1 N–H and O–H groups in total. The highest BCUT2D eigenvalue weighted by atomic mass is 32.2. The van der Waals surface area contributed by atoms with Crippen LogP contribution < -0.4 is 4.72 Å². The summed E-state index contributed by atoms with van der Waals surface area (Å²) in [4.78, 5) is 0. The molecule has 11 heteroatoms. The molecule has 156 valence electrons. The fourth-order valence-electron chi connectivity index (χ4n) is 3.86. The van der Waals surface area contributed by atoms with Gasteiger partial charge in [-0.3, -0.25) is 14.1 Å². The second-order valence-corrected chi connectivity index (χ2v) is 9.26. The van der Waals surface area contributed by atoms with Gasteiger partial charge >= 0.3 is 6.18 Å². The highest BCUT2D eigenvalue weighted by molar-refractivity contribution is 7.93. The fourth-order valence-corrected chi connectivity index (χ4v) is 5.39. The zero-order chi connectivity index (χ0) is 20.8. The summed E-state index contributed by atoms with van der Waals surface area (Å²) in [5.41, 5.74) is 0.366. The van der Waals surface area contributed by atoms with Gasteiger partial charge in [0.15, 0.2) is 0 Å². The fraction of sp³-hybridized carbons (Fsp3) is 0.444. The van der Waals surface area contributed by atoms with Crippen molar-refractivity contribution >= 4 is 26.6 Å².